The number of hydrogen-bond acceptors (Lipinski definition) is 2. The van der Waals surface area contributed by atoms with E-state index in [2.05, 4.69) is 10.3 Å². The van der Waals surface area contributed by atoms with Crippen molar-refractivity contribution in [2.75, 3.05) is 5.32 Å². The average Bonchev–Trinajstić information content (AvgIpc) is 2.58. The van der Waals surface area contributed by atoms with Gasteiger partial charge in [-0.15, -0.1) is 0 Å². The van der Waals surface area contributed by atoms with Crippen molar-refractivity contribution < 1.29 is 4.79 Å². The molecule has 0 radical (unpaired) electrons. The summed E-state index contributed by atoms with van der Waals surface area (Å²) in [5.74, 6) is 0.272. The van der Waals surface area contributed by atoms with Crippen LogP contribution in [-0.4, -0.2) is 10.9 Å². The lowest BCUT2D eigenvalue weighted by Gasteiger charge is -2.10. The van der Waals surface area contributed by atoms with Crippen molar-refractivity contribution in [2.24, 2.45) is 0 Å². The largest absolute Gasteiger partial charge is 0.306 e. The van der Waals surface area contributed by atoms with Gasteiger partial charge in [0.2, 0.25) is 0 Å². The summed E-state index contributed by atoms with van der Waals surface area (Å²) < 4.78 is 0. The van der Waals surface area contributed by atoms with E-state index in [9.17, 15) is 4.79 Å². The molecule has 0 atom stereocenters. The second kappa shape index (κ2) is 6.63. The Balaban J connectivity index is 1.93. The summed E-state index contributed by atoms with van der Waals surface area (Å²) in [5, 5.41) is 3.22. The van der Waals surface area contributed by atoms with Crippen LogP contribution in [0.25, 0.3) is 11.1 Å². The van der Waals surface area contributed by atoms with Gasteiger partial charge in [0.05, 0.1) is 10.6 Å². The maximum absolute atomic E-state index is 12.5. The molecule has 1 heterocycles. The van der Waals surface area contributed by atoms with Gasteiger partial charge >= 0.3 is 0 Å². The van der Waals surface area contributed by atoms with Crippen LogP contribution in [0.5, 0.6) is 0 Å². The summed E-state index contributed by atoms with van der Waals surface area (Å²) in [6, 6.07) is 19.0. The van der Waals surface area contributed by atoms with E-state index >= 15 is 0 Å². The van der Waals surface area contributed by atoms with Crippen LogP contribution in [0, 0.1) is 6.92 Å². The highest BCUT2D eigenvalue weighted by atomic mass is 35.5. The van der Waals surface area contributed by atoms with Crippen LogP contribution < -0.4 is 5.32 Å². The maximum atomic E-state index is 12.5. The lowest BCUT2D eigenvalue weighted by Crippen LogP contribution is -2.14. The second-order valence-electron chi connectivity index (χ2n) is 5.18. The molecular weight excluding hydrogens is 308 g/mol. The molecule has 3 nitrogen and oxygen atoms in total. The van der Waals surface area contributed by atoms with Crippen molar-refractivity contribution in [1.29, 1.82) is 0 Å². The highest BCUT2D eigenvalue weighted by Crippen LogP contribution is 2.26. The Hall–Kier alpha value is -2.65. The van der Waals surface area contributed by atoms with Gasteiger partial charge in [0, 0.05) is 6.20 Å². The molecule has 114 valence electrons. The van der Waals surface area contributed by atoms with Crippen LogP contribution in [0.3, 0.4) is 0 Å². The number of hydrogen-bond donors (Lipinski definition) is 1. The van der Waals surface area contributed by atoms with E-state index in [0.29, 0.717) is 16.4 Å². The minimum Gasteiger partial charge on any atom is -0.306 e. The first-order chi connectivity index (χ1) is 11.1. The number of carbonyl (C=O) groups excluding carboxylic acids is 1. The van der Waals surface area contributed by atoms with Gasteiger partial charge in [0.1, 0.15) is 5.82 Å². The predicted molar refractivity (Wildman–Crippen MR) is 93.8 cm³/mol. The Morgan fingerprint density at radius 1 is 1.00 bits per heavy atom. The molecular formula is C19H15ClN2O. The number of carbonyl (C=O) groups is 1. The van der Waals surface area contributed by atoms with Gasteiger partial charge in [-0.3, -0.25) is 4.79 Å². The number of halogens is 1. The van der Waals surface area contributed by atoms with Gasteiger partial charge in [-0.2, -0.15) is 0 Å². The zero-order chi connectivity index (χ0) is 16.2. The molecule has 3 rings (SSSR count). The van der Waals surface area contributed by atoms with Crippen LogP contribution in [0.15, 0.2) is 66.9 Å². The number of aryl methyl sites for hydroxylation is 1. The predicted octanol–water partition coefficient (Wildman–Crippen LogP) is 4.96. The summed E-state index contributed by atoms with van der Waals surface area (Å²) in [7, 11) is 0. The third-order valence-corrected chi connectivity index (χ3v) is 3.89. The molecule has 0 fully saturated rings. The number of rotatable bonds is 3. The molecule has 1 amide bonds. The fourth-order valence-electron chi connectivity index (χ4n) is 2.30. The van der Waals surface area contributed by atoms with Gasteiger partial charge in [0.25, 0.3) is 5.91 Å². The molecule has 0 saturated heterocycles. The Kier molecular flexibility index (Phi) is 4.40. The van der Waals surface area contributed by atoms with Crippen LogP contribution in [-0.2, 0) is 0 Å². The molecule has 1 aromatic heterocycles. The fraction of sp³-hybridized carbons (Fsp3) is 0.0526. The van der Waals surface area contributed by atoms with Crippen LogP contribution in [0.1, 0.15) is 15.9 Å². The topological polar surface area (TPSA) is 42.0 Å². The molecule has 0 aliphatic carbocycles. The van der Waals surface area contributed by atoms with Crippen molar-refractivity contribution in [2.45, 2.75) is 6.92 Å². The molecule has 4 heteroatoms. The zero-order valence-electron chi connectivity index (χ0n) is 12.6. The Morgan fingerprint density at radius 2 is 1.78 bits per heavy atom. The summed E-state index contributed by atoms with van der Waals surface area (Å²) >= 11 is 6.20. The average molecular weight is 323 g/mol. The van der Waals surface area contributed by atoms with Gasteiger partial charge in [-0.25, -0.2) is 4.98 Å². The van der Waals surface area contributed by atoms with E-state index in [1.54, 1.807) is 18.3 Å². The molecule has 0 saturated carbocycles. The quantitative estimate of drug-likeness (QED) is 0.740. The van der Waals surface area contributed by atoms with E-state index in [-0.39, 0.29) is 5.91 Å². The van der Waals surface area contributed by atoms with Crippen molar-refractivity contribution >= 4 is 23.3 Å². The third kappa shape index (κ3) is 3.41. The highest BCUT2D eigenvalue weighted by molar-refractivity contribution is 6.34. The number of aromatic nitrogens is 1. The van der Waals surface area contributed by atoms with Gasteiger partial charge in [-0.1, -0.05) is 54.1 Å². The Morgan fingerprint density at radius 3 is 2.52 bits per heavy atom. The van der Waals surface area contributed by atoms with Crippen LogP contribution in [0.4, 0.5) is 5.82 Å². The minimum atomic E-state index is -0.269. The lowest BCUT2D eigenvalue weighted by atomic mass is 10.0. The summed E-state index contributed by atoms with van der Waals surface area (Å²) in [6.07, 6.45) is 1.64. The second-order valence-corrected chi connectivity index (χ2v) is 5.59. The minimum absolute atomic E-state index is 0.269. The number of anilines is 1. The molecule has 0 spiro atoms. The number of nitrogens with zero attached hydrogens (tertiary/aromatic N) is 1. The van der Waals surface area contributed by atoms with E-state index in [4.69, 9.17) is 11.6 Å². The molecule has 0 unspecified atom stereocenters. The van der Waals surface area contributed by atoms with Gasteiger partial charge in [-0.05, 0) is 41.8 Å². The number of nitrogens with one attached hydrogen (secondary N) is 1. The number of amides is 1. The van der Waals surface area contributed by atoms with E-state index in [1.807, 2.05) is 55.5 Å². The van der Waals surface area contributed by atoms with Crippen molar-refractivity contribution in [1.82, 2.24) is 4.98 Å². The van der Waals surface area contributed by atoms with E-state index in [1.165, 1.54) is 0 Å². The standard InChI is InChI=1S/C19H15ClN2O/c1-13-6-5-11-21-18(13)22-19(23)16-12-15(9-10-17(16)20)14-7-3-2-4-8-14/h2-12H,1H3,(H,21,22,23). The van der Waals surface area contributed by atoms with E-state index in [0.717, 1.165) is 16.7 Å². The molecule has 1 N–H and O–H groups in total. The summed E-state index contributed by atoms with van der Waals surface area (Å²) in [4.78, 5) is 16.7. The van der Waals surface area contributed by atoms with Crippen LogP contribution in [0.2, 0.25) is 5.02 Å². The molecule has 0 aliphatic heterocycles. The molecule has 23 heavy (non-hydrogen) atoms. The summed E-state index contributed by atoms with van der Waals surface area (Å²) in [5.41, 5.74) is 3.30. The van der Waals surface area contributed by atoms with Crippen LogP contribution >= 0.6 is 11.6 Å². The number of pyridine rings is 1. The smallest absolute Gasteiger partial charge is 0.258 e. The first kappa shape index (κ1) is 15.3. The molecule has 0 bridgehead atoms. The van der Waals surface area contributed by atoms with E-state index < -0.39 is 0 Å². The number of benzene rings is 2. The Labute approximate surface area is 140 Å². The van der Waals surface area contributed by atoms with Crippen molar-refractivity contribution in [3.8, 4) is 11.1 Å². The highest BCUT2D eigenvalue weighted by Gasteiger charge is 2.13. The first-order valence-electron chi connectivity index (χ1n) is 7.23. The lowest BCUT2D eigenvalue weighted by molar-refractivity contribution is 0.102. The normalized spacial score (nSPS) is 10.3. The molecule has 0 aliphatic rings. The SMILES string of the molecule is Cc1cccnc1NC(=O)c1cc(-c2ccccc2)ccc1Cl. The fourth-order valence-corrected chi connectivity index (χ4v) is 2.50. The monoisotopic (exact) mass is 322 g/mol. The summed E-state index contributed by atoms with van der Waals surface area (Å²) in [6.45, 7) is 1.89. The van der Waals surface area contributed by atoms with Gasteiger partial charge in [0.15, 0.2) is 0 Å². The Bertz CT molecular complexity index is 847. The molecule has 3 aromatic rings. The zero-order valence-corrected chi connectivity index (χ0v) is 13.3. The first-order valence-corrected chi connectivity index (χ1v) is 7.61. The third-order valence-electron chi connectivity index (χ3n) is 3.56. The maximum Gasteiger partial charge on any atom is 0.258 e. The molecule has 2 aromatic carbocycles. The van der Waals surface area contributed by atoms with Crippen molar-refractivity contribution in [3.63, 3.8) is 0 Å². The van der Waals surface area contributed by atoms with Gasteiger partial charge < -0.3 is 5.32 Å². The van der Waals surface area contributed by atoms with Crippen molar-refractivity contribution in [3.05, 3.63) is 83.0 Å².